The molecule has 0 aromatic heterocycles. The van der Waals surface area contributed by atoms with Crippen LogP contribution in [-0.4, -0.2) is 5.11 Å². The molecule has 2 aromatic carbocycles. The number of halogens is 5. The highest BCUT2D eigenvalue weighted by atomic mass is 127. The number of rotatable bonds is 2. The van der Waals surface area contributed by atoms with Crippen molar-refractivity contribution >= 4 is 77.7 Å². The van der Waals surface area contributed by atoms with E-state index in [2.05, 4.69) is 68.3 Å². The number of benzene rings is 2. The van der Waals surface area contributed by atoms with Crippen LogP contribution < -0.4 is 0 Å². The molecule has 1 N–H and O–H groups in total. The first-order valence-electron chi connectivity index (χ1n) is 7.91. The van der Waals surface area contributed by atoms with Gasteiger partial charge in [0.25, 0.3) is 0 Å². The molecule has 1 saturated carbocycles. The molecule has 0 aliphatic heterocycles. The van der Waals surface area contributed by atoms with Gasteiger partial charge in [0.15, 0.2) is 0 Å². The van der Waals surface area contributed by atoms with Crippen LogP contribution in [0, 0.1) is 15.4 Å². The Morgan fingerprint density at radius 1 is 1.04 bits per heavy atom. The van der Waals surface area contributed by atoms with E-state index >= 15 is 0 Å². The summed E-state index contributed by atoms with van der Waals surface area (Å²) in [5, 5.41) is 11.9. The summed E-state index contributed by atoms with van der Waals surface area (Å²) < 4.78 is 3.05. The van der Waals surface area contributed by atoms with Gasteiger partial charge in [-0.25, -0.2) is 0 Å². The second-order valence-corrected chi connectivity index (χ2v) is 10.4. The van der Waals surface area contributed by atoms with Gasteiger partial charge >= 0.3 is 0 Å². The Morgan fingerprint density at radius 2 is 1.56 bits per heavy atom. The van der Waals surface area contributed by atoms with Crippen LogP contribution in [0.15, 0.2) is 45.3 Å². The van der Waals surface area contributed by atoms with Crippen molar-refractivity contribution in [2.24, 2.45) is 11.8 Å². The summed E-state index contributed by atoms with van der Waals surface area (Å²) in [6.45, 7) is 4.40. The maximum absolute atomic E-state index is 10.5. The quantitative estimate of drug-likeness (QED) is 0.266. The van der Waals surface area contributed by atoms with Gasteiger partial charge in [-0.2, -0.15) is 0 Å². The predicted octanol–water partition coefficient (Wildman–Crippen LogP) is 8.06. The van der Waals surface area contributed by atoms with E-state index in [0.717, 1.165) is 35.9 Å². The van der Waals surface area contributed by atoms with E-state index in [4.69, 9.17) is 23.2 Å². The van der Waals surface area contributed by atoms with Crippen LogP contribution in [0.1, 0.15) is 32.3 Å². The lowest BCUT2D eigenvalue weighted by Crippen LogP contribution is -2.43. The molecule has 136 valence electrons. The van der Waals surface area contributed by atoms with E-state index in [0.29, 0.717) is 16.9 Å². The minimum atomic E-state index is -0.702. The van der Waals surface area contributed by atoms with Gasteiger partial charge in [0, 0.05) is 23.1 Å². The van der Waals surface area contributed by atoms with E-state index < -0.39 is 5.60 Å². The lowest BCUT2D eigenvalue weighted by atomic mass is 9.63. The van der Waals surface area contributed by atoms with Crippen molar-refractivity contribution in [2.75, 3.05) is 0 Å². The second kappa shape index (κ2) is 9.24. The van der Waals surface area contributed by atoms with E-state index in [1.54, 1.807) is 0 Å². The Labute approximate surface area is 189 Å². The summed E-state index contributed by atoms with van der Waals surface area (Å²) in [5.41, 5.74) is 0.168. The molecule has 1 aliphatic rings. The van der Waals surface area contributed by atoms with Crippen molar-refractivity contribution in [3.8, 4) is 0 Å². The highest BCUT2D eigenvalue weighted by molar-refractivity contribution is 14.1. The van der Waals surface area contributed by atoms with Gasteiger partial charge < -0.3 is 5.11 Å². The molecule has 0 radical (unpaired) electrons. The van der Waals surface area contributed by atoms with Crippen LogP contribution in [0.5, 0.6) is 0 Å². The van der Waals surface area contributed by atoms with Crippen molar-refractivity contribution in [3.63, 3.8) is 0 Å². The molecule has 3 rings (SSSR count). The van der Waals surface area contributed by atoms with E-state index in [-0.39, 0.29) is 0 Å². The fourth-order valence-electron chi connectivity index (χ4n) is 2.84. The third-order valence-electron chi connectivity index (χ3n) is 4.46. The summed E-state index contributed by atoms with van der Waals surface area (Å²) in [6.07, 6.45) is 1.65. The SMILES string of the molecule is CC(C)C1CC(O)(c2ccc(Br)cc2Cl)C1.Clc1cc(Br)ccc1I. The van der Waals surface area contributed by atoms with Crippen LogP contribution in [0.4, 0.5) is 0 Å². The van der Waals surface area contributed by atoms with Gasteiger partial charge in [0.05, 0.1) is 10.6 Å². The third-order valence-corrected chi connectivity index (χ3v) is 7.33. The van der Waals surface area contributed by atoms with Crippen LogP contribution in [0.25, 0.3) is 0 Å². The second-order valence-electron chi connectivity index (χ2n) is 6.63. The molecule has 0 atom stereocenters. The molecule has 1 fully saturated rings. The predicted molar refractivity (Wildman–Crippen MR) is 122 cm³/mol. The fraction of sp³-hybridized carbons (Fsp3) is 0.368. The van der Waals surface area contributed by atoms with E-state index in [1.165, 1.54) is 0 Å². The van der Waals surface area contributed by atoms with Gasteiger partial charge in [-0.1, -0.05) is 75.0 Å². The zero-order valence-electron chi connectivity index (χ0n) is 13.9. The Morgan fingerprint density at radius 3 is 2.00 bits per heavy atom. The van der Waals surface area contributed by atoms with Crippen molar-refractivity contribution < 1.29 is 5.11 Å². The normalized spacial score (nSPS) is 22.2. The van der Waals surface area contributed by atoms with E-state index in [9.17, 15) is 5.11 Å². The van der Waals surface area contributed by atoms with Gasteiger partial charge in [-0.05, 0) is 77.6 Å². The summed E-state index contributed by atoms with van der Waals surface area (Å²) in [7, 11) is 0. The van der Waals surface area contributed by atoms with Crippen molar-refractivity contribution in [3.05, 3.63) is 64.5 Å². The average Bonchev–Trinajstić information content (AvgIpc) is 2.48. The minimum absolute atomic E-state index is 0.615. The standard InChI is InChI=1S/C13H16BrClO.C6H3BrClI/c1-8(2)9-6-13(16,7-9)11-4-3-10(14)5-12(11)15;7-4-1-2-6(9)5(8)3-4/h3-5,8-9,16H,6-7H2,1-2H3;1-3H. The topological polar surface area (TPSA) is 20.2 Å². The minimum Gasteiger partial charge on any atom is -0.385 e. The van der Waals surface area contributed by atoms with Gasteiger partial charge in [-0.3, -0.25) is 0 Å². The molecule has 0 saturated heterocycles. The monoisotopic (exact) mass is 618 g/mol. The molecular formula is C19H19Br2Cl2IO. The fourth-order valence-corrected chi connectivity index (χ4v) is 4.69. The largest absolute Gasteiger partial charge is 0.385 e. The average molecular weight is 621 g/mol. The molecule has 0 heterocycles. The summed E-state index contributed by atoms with van der Waals surface area (Å²) >= 11 is 20.8. The first-order valence-corrected chi connectivity index (χ1v) is 11.3. The third kappa shape index (κ3) is 5.82. The Balaban J connectivity index is 0.000000212. The molecule has 0 bridgehead atoms. The van der Waals surface area contributed by atoms with Gasteiger partial charge in [0.1, 0.15) is 0 Å². The first kappa shape index (κ1) is 22.0. The van der Waals surface area contributed by atoms with Crippen molar-refractivity contribution in [1.29, 1.82) is 0 Å². The van der Waals surface area contributed by atoms with Crippen molar-refractivity contribution in [1.82, 2.24) is 0 Å². The van der Waals surface area contributed by atoms with Crippen LogP contribution >= 0.6 is 77.7 Å². The maximum atomic E-state index is 10.5. The van der Waals surface area contributed by atoms with Gasteiger partial charge in [-0.15, -0.1) is 0 Å². The Bertz CT molecular complexity index is 746. The lowest BCUT2D eigenvalue weighted by molar-refractivity contribution is -0.0933. The molecule has 2 aromatic rings. The summed E-state index contributed by atoms with van der Waals surface area (Å²) in [6, 6.07) is 11.5. The van der Waals surface area contributed by atoms with Crippen LogP contribution in [0.3, 0.4) is 0 Å². The highest BCUT2D eigenvalue weighted by Gasteiger charge is 2.45. The van der Waals surface area contributed by atoms with Crippen LogP contribution in [-0.2, 0) is 5.60 Å². The number of hydrogen-bond donors (Lipinski definition) is 1. The Kier molecular flexibility index (Phi) is 8.12. The van der Waals surface area contributed by atoms with Gasteiger partial charge in [0.2, 0.25) is 0 Å². The zero-order chi connectivity index (χ0) is 18.8. The Hall–Kier alpha value is 0.670. The summed E-state index contributed by atoms with van der Waals surface area (Å²) in [5.74, 6) is 1.25. The first-order chi connectivity index (χ1) is 11.6. The molecule has 0 unspecified atom stereocenters. The molecule has 0 spiro atoms. The molecular weight excluding hydrogens is 602 g/mol. The summed E-state index contributed by atoms with van der Waals surface area (Å²) in [4.78, 5) is 0. The molecule has 25 heavy (non-hydrogen) atoms. The van der Waals surface area contributed by atoms with Crippen molar-refractivity contribution in [2.45, 2.75) is 32.3 Å². The lowest BCUT2D eigenvalue weighted by Gasteiger charge is -2.46. The molecule has 0 amide bonds. The zero-order valence-corrected chi connectivity index (χ0v) is 20.7. The van der Waals surface area contributed by atoms with E-state index in [1.807, 2.05) is 36.4 Å². The van der Waals surface area contributed by atoms with Crippen LogP contribution in [0.2, 0.25) is 10.0 Å². The molecule has 1 aliphatic carbocycles. The molecule has 6 heteroatoms. The molecule has 1 nitrogen and oxygen atoms in total. The number of hydrogen-bond acceptors (Lipinski definition) is 1. The maximum Gasteiger partial charge on any atom is 0.0916 e. The number of aliphatic hydroxyl groups is 1. The smallest absolute Gasteiger partial charge is 0.0916 e. The highest BCUT2D eigenvalue weighted by Crippen LogP contribution is 2.50.